The molecule has 1 aliphatic heterocycles. The fourth-order valence-corrected chi connectivity index (χ4v) is 3.24. The molecule has 0 radical (unpaired) electrons. The average molecular weight is 255 g/mol. The van der Waals surface area contributed by atoms with Crippen molar-refractivity contribution in [2.45, 2.75) is 24.2 Å². The van der Waals surface area contributed by atoms with E-state index in [1.807, 2.05) is 12.1 Å². The summed E-state index contributed by atoms with van der Waals surface area (Å²) in [6, 6.07) is 6.87. The van der Waals surface area contributed by atoms with E-state index in [4.69, 9.17) is 10.5 Å². The van der Waals surface area contributed by atoms with E-state index in [0.29, 0.717) is 18.2 Å². The van der Waals surface area contributed by atoms with Crippen molar-refractivity contribution in [2.75, 3.05) is 18.9 Å². The molecule has 1 aromatic rings. The molecule has 17 heavy (non-hydrogen) atoms. The number of hydrogen-bond donors (Lipinski definition) is 1. The van der Waals surface area contributed by atoms with Crippen molar-refractivity contribution in [1.82, 2.24) is 0 Å². The third-order valence-electron chi connectivity index (χ3n) is 2.97. The maximum Gasteiger partial charge on any atom is 0.127 e. The average Bonchev–Trinajstić information content (AvgIpc) is 2.85. The van der Waals surface area contributed by atoms with Gasteiger partial charge in [0, 0.05) is 29.7 Å². The summed E-state index contributed by atoms with van der Waals surface area (Å²) in [5.41, 5.74) is 6.44. The molecule has 1 fully saturated rings. The van der Waals surface area contributed by atoms with Gasteiger partial charge in [-0.3, -0.25) is 0 Å². The van der Waals surface area contributed by atoms with Crippen LogP contribution in [0.15, 0.2) is 24.3 Å². The van der Waals surface area contributed by atoms with Crippen LogP contribution >= 0.6 is 11.8 Å². The first-order chi connectivity index (χ1) is 8.31. The van der Waals surface area contributed by atoms with Gasteiger partial charge in [-0.25, -0.2) is 4.39 Å². The maximum atomic E-state index is 13.6. The molecule has 94 valence electrons. The molecule has 1 aliphatic rings. The van der Waals surface area contributed by atoms with Crippen LogP contribution in [-0.4, -0.2) is 25.0 Å². The Balaban J connectivity index is 1.94. The molecule has 0 aromatic heterocycles. The zero-order valence-corrected chi connectivity index (χ0v) is 10.6. The first-order valence-corrected chi connectivity index (χ1v) is 7.04. The highest BCUT2D eigenvalue weighted by molar-refractivity contribution is 7.99. The van der Waals surface area contributed by atoms with E-state index in [0.717, 1.165) is 25.2 Å². The first-order valence-electron chi connectivity index (χ1n) is 5.99. The molecule has 1 saturated heterocycles. The topological polar surface area (TPSA) is 35.2 Å². The van der Waals surface area contributed by atoms with Gasteiger partial charge < -0.3 is 10.5 Å². The van der Waals surface area contributed by atoms with Crippen LogP contribution in [0.5, 0.6) is 0 Å². The van der Waals surface area contributed by atoms with E-state index >= 15 is 0 Å². The summed E-state index contributed by atoms with van der Waals surface area (Å²) in [5, 5.41) is 0.0281. The lowest BCUT2D eigenvalue weighted by atomic mass is 10.1. The third kappa shape index (κ3) is 3.44. The first kappa shape index (κ1) is 12.9. The summed E-state index contributed by atoms with van der Waals surface area (Å²) >= 11 is 1.70. The van der Waals surface area contributed by atoms with Gasteiger partial charge in [-0.05, 0) is 18.9 Å². The maximum absolute atomic E-state index is 13.6. The van der Waals surface area contributed by atoms with Gasteiger partial charge in [0.1, 0.15) is 5.82 Å². The minimum Gasteiger partial charge on any atom is -0.377 e. The fourth-order valence-electron chi connectivity index (χ4n) is 2.02. The normalized spacial score (nSPS) is 21.6. The minimum absolute atomic E-state index is 0.0281. The number of rotatable bonds is 5. The fraction of sp³-hybridized carbons (Fsp3) is 0.538. The number of thioether (sulfide) groups is 1. The second-order valence-electron chi connectivity index (χ2n) is 4.21. The van der Waals surface area contributed by atoms with Crippen molar-refractivity contribution in [1.29, 1.82) is 0 Å². The number of halogens is 1. The van der Waals surface area contributed by atoms with Crippen molar-refractivity contribution in [2.24, 2.45) is 5.73 Å². The molecule has 0 spiro atoms. The Morgan fingerprint density at radius 2 is 2.29 bits per heavy atom. The zero-order valence-electron chi connectivity index (χ0n) is 9.77. The quantitative estimate of drug-likeness (QED) is 0.878. The van der Waals surface area contributed by atoms with Gasteiger partial charge in [-0.2, -0.15) is 0 Å². The van der Waals surface area contributed by atoms with Gasteiger partial charge in [0.2, 0.25) is 0 Å². The molecule has 0 aliphatic carbocycles. The molecule has 0 amide bonds. The Hall–Kier alpha value is -0.580. The predicted octanol–water partition coefficient (Wildman–Crippen LogP) is 2.74. The van der Waals surface area contributed by atoms with Crippen molar-refractivity contribution in [3.63, 3.8) is 0 Å². The Labute approximate surface area is 106 Å². The highest BCUT2D eigenvalue weighted by Gasteiger charge is 2.20. The van der Waals surface area contributed by atoms with Crippen molar-refractivity contribution >= 4 is 11.8 Å². The van der Waals surface area contributed by atoms with Crippen LogP contribution in [0.4, 0.5) is 4.39 Å². The van der Waals surface area contributed by atoms with Crippen LogP contribution in [0.2, 0.25) is 0 Å². The molecule has 0 saturated carbocycles. The van der Waals surface area contributed by atoms with Gasteiger partial charge in [0.05, 0.1) is 6.10 Å². The summed E-state index contributed by atoms with van der Waals surface area (Å²) < 4.78 is 19.2. The van der Waals surface area contributed by atoms with Crippen molar-refractivity contribution in [3.8, 4) is 0 Å². The molecule has 2 rings (SSSR count). The summed E-state index contributed by atoms with van der Waals surface area (Å²) in [5.74, 6) is 0.735. The van der Waals surface area contributed by atoms with Crippen LogP contribution in [0.3, 0.4) is 0 Å². The standard InChI is InChI=1S/C13H18FNOS/c14-12-6-2-1-5-11(12)13(8-15)17-9-10-4-3-7-16-10/h1-2,5-6,10,13H,3-4,7-9,15H2. The summed E-state index contributed by atoms with van der Waals surface area (Å²) in [6.45, 7) is 1.32. The van der Waals surface area contributed by atoms with Crippen molar-refractivity contribution < 1.29 is 9.13 Å². The largest absolute Gasteiger partial charge is 0.377 e. The Bertz CT molecular complexity index is 355. The highest BCUT2D eigenvalue weighted by Crippen LogP contribution is 2.31. The molecular weight excluding hydrogens is 237 g/mol. The molecule has 0 bridgehead atoms. The van der Waals surface area contributed by atoms with E-state index < -0.39 is 0 Å². The van der Waals surface area contributed by atoms with Gasteiger partial charge in [-0.15, -0.1) is 11.8 Å². The summed E-state index contributed by atoms with van der Waals surface area (Å²) in [4.78, 5) is 0. The highest BCUT2D eigenvalue weighted by atomic mass is 32.2. The van der Waals surface area contributed by atoms with E-state index in [1.165, 1.54) is 6.07 Å². The van der Waals surface area contributed by atoms with E-state index in [1.54, 1.807) is 17.8 Å². The molecule has 4 heteroatoms. The molecule has 1 aromatic carbocycles. The van der Waals surface area contributed by atoms with Crippen LogP contribution < -0.4 is 5.73 Å². The van der Waals surface area contributed by atoms with Crippen molar-refractivity contribution in [3.05, 3.63) is 35.6 Å². The lowest BCUT2D eigenvalue weighted by Crippen LogP contribution is -2.15. The third-order valence-corrected chi connectivity index (χ3v) is 4.39. The molecule has 2 unspecified atom stereocenters. The van der Waals surface area contributed by atoms with E-state index in [2.05, 4.69) is 0 Å². The second kappa shape index (κ2) is 6.38. The Kier molecular flexibility index (Phi) is 4.83. The number of hydrogen-bond acceptors (Lipinski definition) is 3. The smallest absolute Gasteiger partial charge is 0.127 e. The SMILES string of the molecule is NCC(SCC1CCCO1)c1ccccc1F. The lowest BCUT2D eigenvalue weighted by molar-refractivity contribution is 0.129. The molecular formula is C13H18FNOS. The predicted molar refractivity (Wildman–Crippen MR) is 69.6 cm³/mol. The molecule has 1 heterocycles. The van der Waals surface area contributed by atoms with E-state index in [-0.39, 0.29) is 11.1 Å². The van der Waals surface area contributed by atoms with Crippen LogP contribution in [-0.2, 0) is 4.74 Å². The van der Waals surface area contributed by atoms with Gasteiger partial charge >= 0.3 is 0 Å². The lowest BCUT2D eigenvalue weighted by Gasteiger charge is -2.17. The van der Waals surface area contributed by atoms with Gasteiger partial charge in [0.25, 0.3) is 0 Å². The minimum atomic E-state index is -0.164. The summed E-state index contributed by atoms with van der Waals surface area (Å²) in [6.07, 6.45) is 2.57. The number of ether oxygens (including phenoxy) is 1. The monoisotopic (exact) mass is 255 g/mol. The zero-order chi connectivity index (χ0) is 12.1. The van der Waals surface area contributed by atoms with Crippen LogP contribution in [0.25, 0.3) is 0 Å². The molecule has 2 atom stereocenters. The molecule has 2 N–H and O–H groups in total. The van der Waals surface area contributed by atoms with Gasteiger partial charge in [-0.1, -0.05) is 18.2 Å². The number of nitrogens with two attached hydrogens (primary N) is 1. The number of benzene rings is 1. The van der Waals surface area contributed by atoms with Crippen LogP contribution in [0.1, 0.15) is 23.7 Å². The second-order valence-corrected chi connectivity index (χ2v) is 5.45. The Morgan fingerprint density at radius 1 is 1.47 bits per heavy atom. The van der Waals surface area contributed by atoms with Gasteiger partial charge in [0.15, 0.2) is 0 Å². The van der Waals surface area contributed by atoms with E-state index in [9.17, 15) is 4.39 Å². The summed E-state index contributed by atoms with van der Waals surface area (Å²) in [7, 11) is 0. The Morgan fingerprint density at radius 3 is 2.94 bits per heavy atom. The molecule has 2 nitrogen and oxygen atoms in total. The van der Waals surface area contributed by atoms with Crippen LogP contribution in [0, 0.1) is 5.82 Å².